The molecule has 0 amide bonds. The zero-order valence-corrected chi connectivity index (χ0v) is 4.49. The third-order valence-electron chi connectivity index (χ3n) is 0.614. The quantitative estimate of drug-likeness (QED) is 0.467. The van der Waals surface area contributed by atoms with Crippen LogP contribution in [0.15, 0.2) is 24.5 Å². The molecule has 0 aromatic heterocycles. The predicted molar refractivity (Wildman–Crippen MR) is 24.2 cm³/mol. The van der Waals surface area contributed by atoms with Crippen LogP contribution in [0.3, 0.4) is 0 Å². The van der Waals surface area contributed by atoms with Gasteiger partial charge >= 0.3 is 0 Å². The molecule has 7 heavy (non-hydrogen) atoms. The van der Waals surface area contributed by atoms with Gasteiger partial charge in [0.2, 0.25) is 0 Å². The van der Waals surface area contributed by atoms with Crippen molar-refractivity contribution in [2.45, 2.75) is 0 Å². The van der Waals surface area contributed by atoms with Gasteiger partial charge < -0.3 is 4.74 Å². The van der Waals surface area contributed by atoms with Crippen LogP contribution in [0.25, 0.3) is 0 Å². The summed E-state index contributed by atoms with van der Waals surface area (Å²) < 4.78 is 4.80. The molecule has 0 aromatic rings. The first kappa shape index (κ1) is 7.54. The molecule has 1 aliphatic rings. The van der Waals surface area contributed by atoms with Crippen LogP contribution in [-0.2, 0) is 4.74 Å². The molecule has 0 radical (unpaired) electrons. The van der Waals surface area contributed by atoms with Crippen molar-refractivity contribution in [1.29, 1.82) is 0 Å². The van der Waals surface area contributed by atoms with Gasteiger partial charge in [-0.3, -0.25) is 0 Å². The van der Waals surface area contributed by atoms with Crippen LogP contribution < -0.4 is 0 Å². The van der Waals surface area contributed by atoms with E-state index < -0.39 is 0 Å². The van der Waals surface area contributed by atoms with E-state index in [1.165, 1.54) is 0 Å². The summed E-state index contributed by atoms with van der Waals surface area (Å²) in [6, 6.07) is 0. The van der Waals surface area contributed by atoms with Crippen LogP contribution in [0, 0.1) is 37.7 Å². The Morgan fingerprint density at radius 2 is 2.14 bits per heavy atom. The molecule has 0 aromatic carbocycles. The molecule has 0 aliphatic carbocycles. The van der Waals surface area contributed by atoms with E-state index in [0.717, 1.165) is 6.61 Å². The Morgan fingerprint density at radius 3 is 2.29 bits per heavy atom. The van der Waals surface area contributed by atoms with Crippen molar-refractivity contribution in [3.63, 3.8) is 0 Å². The van der Waals surface area contributed by atoms with E-state index in [2.05, 4.69) is 0 Å². The Morgan fingerprint density at radius 1 is 1.29 bits per heavy atom. The normalized spacial score (nSPS) is 14.9. The molecule has 0 atom stereocenters. The second kappa shape index (κ2) is 4.69. The third-order valence-corrected chi connectivity index (χ3v) is 0.614. The zero-order chi connectivity index (χ0) is 4.24. The maximum atomic E-state index is 4.80. The van der Waals surface area contributed by atoms with Gasteiger partial charge in [-0.2, -0.15) is 0 Å². The SMILES string of the molecule is C1=CCOC=C1.[Ar]. The van der Waals surface area contributed by atoms with Crippen LogP contribution in [0.2, 0.25) is 0 Å². The van der Waals surface area contributed by atoms with E-state index in [1.807, 2.05) is 18.2 Å². The van der Waals surface area contributed by atoms with E-state index in [9.17, 15) is 0 Å². The molecular formula is C5H6ArO. The van der Waals surface area contributed by atoms with Gasteiger partial charge in [-0.15, -0.1) is 0 Å². The Bertz CT molecular complexity index is 74.1. The number of allylic oxidation sites excluding steroid dienone is 2. The molecule has 1 aliphatic heterocycles. The number of ether oxygens (including phenoxy) is 1. The van der Waals surface area contributed by atoms with E-state index >= 15 is 0 Å². The van der Waals surface area contributed by atoms with Crippen molar-refractivity contribution in [2.24, 2.45) is 0 Å². The van der Waals surface area contributed by atoms with Crippen molar-refractivity contribution >= 4 is 0 Å². The molecule has 0 bridgehead atoms. The molecule has 40 valence electrons. The first-order valence-electron chi connectivity index (χ1n) is 1.93. The summed E-state index contributed by atoms with van der Waals surface area (Å²) in [6.07, 6.45) is 7.47. The molecule has 1 rings (SSSR count). The topological polar surface area (TPSA) is 9.23 Å². The maximum Gasteiger partial charge on any atom is 0.106 e. The summed E-state index contributed by atoms with van der Waals surface area (Å²) in [5.41, 5.74) is 0. The summed E-state index contributed by atoms with van der Waals surface area (Å²) in [7, 11) is 0. The Kier molecular flexibility index (Phi) is 5.05. The molecule has 0 N–H and O–H groups in total. The Balaban J connectivity index is 0.000000360. The minimum atomic E-state index is 0. The van der Waals surface area contributed by atoms with Crippen LogP contribution in [-0.4, -0.2) is 6.61 Å². The number of hydrogen-bond donors (Lipinski definition) is 0. The fourth-order valence-corrected chi connectivity index (χ4v) is 0.346. The van der Waals surface area contributed by atoms with Gasteiger partial charge in [-0.05, 0) is 12.2 Å². The van der Waals surface area contributed by atoms with E-state index in [0.29, 0.717) is 0 Å². The number of rotatable bonds is 0. The first-order valence-corrected chi connectivity index (χ1v) is 1.93. The largest absolute Gasteiger partial charge is 0.497 e. The van der Waals surface area contributed by atoms with Gasteiger partial charge in [0.25, 0.3) is 0 Å². The zero-order valence-electron chi connectivity index (χ0n) is 3.78. The second-order valence-corrected chi connectivity index (χ2v) is 1.09. The van der Waals surface area contributed by atoms with Gasteiger partial charge in [-0.1, -0.05) is 6.08 Å². The van der Waals surface area contributed by atoms with Crippen molar-refractivity contribution in [2.75, 3.05) is 6.61 Å². The van der Waals surface area contributed by atoms with Crippen molar-refractivity contribution in [3.8, 4) is 0 Å². The van der Waals surface area contributed by atoms with E-state index in [-0.39, 0.29) is 37.7 Å². The maximum absolute atomic E-state index is 4.80. The minimum Gasteiger partial charge on any atom is -0.497 e. The average molecular weight is 122 g/mol. The second-order valence-electron chi connectivity index (χ2n) is 1.09. The fraction of sp³-hybridized carbons (Fsp3) is 0.200. The monoisotopic (exact) mass is 122 g/mol. The fourth-order valence-electron chi connectivity index (χ4n) is 0.346. The summed E-state index contributed by atoms with van der Waals surface area (Å²) in [5, 5.41) is 0. The van der Waals surface area contributed by atoms with Gasteiger partial charge in [0.15, 0.2) is 0 Å². The molecule has 0 fully saturated rings. The predicted octanol–water partition coefficient (Wildman–Crippen LogP) is 1.09. The number of hydrogen-bond acceptors (Lipinski definition) is 1. The minimum absolute atomic E-state index is 0. The average Bonchev–Trinajstić information content (AvgIpc) is 1.72. The third kappa shape index (κ3) is 3.15. The van der Waals surface area contributed by atoms with Crippen LogP contribution in [0.1, 0.15) is 0 Å². The summed E-state index contributed by atoms with van der Waals surface area (Å²) in [6.45, 7) is 0.733. The van der Waals surface area contributed by atoms with Gasteiger partial charge in [0, 0.05) is 37.7 Å². The summed E-state index contributed by atoms with van der Waals surface area (Å²) >= 11 is 0. The molecule has 0 saturated carbocycles. The Labute approximate surface area is 73.0 Å². The molecule has 1 nitrogen and oxygen atoms in total. The molecule has 2 heteroatoms. The molecule has 0 spiro atoms. The van der Waals surface area contributed by atoms with Gasteiger partial charge in [-0.25, -0.2) is 0 Å². The standard InChI is InChI=1S/C5H6O.Ar/c1-2-4-6-5-3-1;/h1-4H,5H2;. The van der Waals surface area contributed by atoms with E-state index in [4.69, 9.17) is 4.74 Å². The molecule has 1 heterocycles. The summed E-state index contributed by atoms with van der Waals surface area (Å²) in [4.78, 5) is 0. The van der Waals surface area contributed by atoms with Crippen LogP contribution in [0.5, 0.6) is 0 Å². The molecular weight excluding hydrogens is 116 g/mol. The smallest absolute Gasteiger partial charge is 0.106 e. The summed E-state index contributed by atoms with van der Waals surface area (Å²) in [5.74, 6) is 0. The van der Waals surface area contributed by atoms with Gasteiger partial charge in [0.05, 0.1) is 6.26 Å². The van der Waals surface area contributed by atoms with E-state index in [1.54, 1.807) is 6.26 Å². The molecule has 0 unspecified atom stereocenters. The van der Waals surface area contributed by atoms with Gasteiger partial charge in [0.1, 0.15) is 6.61 Å². The first-order chi connectivity index (χ1) is 3.00. The van der Waals surface area contributed by atoms with Crippen molar-refractivity contribution in [3.05, 3.63) is 24.5 Å². The van der Waals surface area contributed by atoms with Crippen LogP contribution in [0.4, 0.5) is 0 Å². The Hall–Kier alpha value is 0.540. The van der Waals surface area contributed by atoms with Crippen molar-refractivity contribution in [1.82, 2.24) is 0 Å². The molecule has 0 saturated heterocycles. The van der Waals surface area contributed by atoms with Crippen LogP contribution >= 0.6 is 0 Å². The van der Waals surface area contributed by atoms with Crippen molar-refractivity contribution < 1.29 is 42.5 Å².